The monoisotopic (exact) mass is 288 g/mol. The summed E-state index contributed by atoms with van der Waals surface area (Å²) in [4.78, 5) is 2.87. The Labute approximate surface area is 124 Å². The third-order valence-electron chi connectivity index (χ3n) is 4.12. The van der Waals surface area contributed by atoms with Crippen LogP contribution >= 0.6 is 12.2 Å². The summed E-state index contributed by atoms with van der Waals surface area (Å²) < 4.78 is 6.79. The molecule has 3 unspecified atom stereocenters. The van der Waals surface area contributed by atoms with Crippen molar-refractivity contribution in [1.82, 2.24) is 10.3 Å². The molecule has 2 aliphatic heterocycles. The van der Waals surface area contributed by atoms with Crippen LogP contribution < -0.4 is 5.32 Å². The molecular weight excluding hydrogens is 268 g/mol. The van der Waals surface area contributed by atoms with Gasteiger partial charge in [-0.25, -0.2) is 0 Å². The Bertz CT molecular complexity index is 546. The maximum atomic E-state index is 5.92. The molecule has 0 bridgehead atoms. The average Bonchev–Trinajstić information content (AvgIpc) is 2.87. The highest BCUT2D eigenvalue weighted by Gasteiger charge is 2.42. The zero-order valence-electron chi connectivity index (χ0n) is 11.4. The third kappa shape index (κ3) is 3.02. The molecule has 2 N–H and O–H groups in total. The van der Waals surface area contributed by atoms with Crippen molar-refractivity contribution >= 4 is 12.2 Å². The van der Waals surface area contributed by atoms with Gasteiger partial charge >= 0.3 is 0 Å². The fraction of sp³-hybridized carbons (Fsp3) is 0.438. The van der Waals surface area contributed by atoms with E-state index in [0.717, 1.165) is 23.5 Å². The van der Waals surface area contributed by atoms with Crippen molar-refractivity contribution in [3.05, 3.63) is 53.0 Å². The minimum atomic E-state index is 0.449. The summed E-state index contributed by atoms with van der Waals surface area (Å²) in [6.07, 6.45) is 13.1. The first-order valence-corrected chi connectivity index (χ1v) is 7.62. The van der Waals surface area contributed by atoms with Crippen molar-refractivity contribution in [3.63, 3.8) is 0 Å². The van der Waals surface area contributed by atoms with E-state index in [1.54, 1.807) is 0 Å². The topological polar surface area (TPSA) is 37.0 Å². The van der Waals surface area contributed by atoms with Gasteiger partial charge in [0.1, 0.15) is 11.9 Å². The van der Waals surface area contributed by atoms with E-state index < -0.39 is 0 Å². The summed E-state index contributed by atoms with van der Waals surface area (Å²) in [6.45, 7) is 2.20. The normalized spacial score (nSPS) is 30.2. The Morgan fingerprint density at radius 3 is 2.85 bits per heavy atom. The first kappa shape index (κ1) is 13.6. The van der Waals surface area contributed by atoms with E-state index in [2.05, 4.69) is 28.5 Å². The number of nitrogens with one attached hydrogen (secondary N) is 2. The molecule has 106 valence electrons. The quantitative estimate of drug-likeness (QED) is 0.720. The number of hydrogen-bond acceptors (Lipinski definition) is 3. The van der Waals surface area contributed by atoms with Crippen LogP contribution in [0.1, 0.15) is 12.8 Å². The smallest absolute Gasteiger partial charge is 0.114 e. The number of H-pyrrole nitrogens is 1. The van der Waals surface area contributed by atoms with E-state index in [-0.39, 0.29) is 0 Å². The number of rotatable bonds is 0. The first-order valence-electron chi connectivity index (χ1n) is 7.22. The molecule has 0 amide bonds. The van der Waals surface area contributed by atoms with Crippen LogP contribution in [0, 0.1) is 16.3 Å². The number of aromatic amines is 1. The summed E-state index contributed by atoms with van der Waals surface area (Å²) in [5.41, 5.74) is 0. The third-order valence-corrected chi connectivity index (χ3v) is 4.39. The van der Waals surface area contributed by atoms with Gasteiger partial charge in [0.05, 0.1) is 0 Å². The lowest BCUT2D eigenvalue weighted by atomic mass is 9.81. The second kappa shape index (κ2) is 6.37. The van der Waals surface area contributed by atoms with Gasteiger partial charge in [-0.2, -0.15) is 0 Å². The zero-order chi connectivity index (χ0) is 13.8. The van der Waals surface area contributed by atoms with Gasteiger partial charge in [-0.1, -0.05) is 24.4 Å². The molecule has 2 fully saturated rings. The summed E-state index contributed by atoms with van der Waals surface area (Å²) in [6, 6.07) is 3.69. The predicted octanol–water partition coefficient (Wildman–Crippen LogP) is 3.20. The molecule has 20 heavy (non-hydrogen) atoms. The predicted molar refractivity (Wildman–Crippen MR) is 82.8 cm³/mol. The Kier molecular flexibility index (Phi) is 4.33. The Hall–Kier alpha value is -1.39. The molecule has 0 aromatic carbocycles. The molecule has 4 rings (SSSR count). The molecule has 2 saturated heterocycles. The van der Waals surface area contributed by atoms with Crippen LogP contribution in [0.3, 0.4) is 0 Å². The fourth-order valence-electron chi connectivity index (χ4n) is 3.13. The van der Waals surface area contributed by atoms with Gasteiger partial charge in [0.2, 0.25) is 0 Å². The maximum Gasteiger partial charge on any atom is 0.114 e. The summed E-state index contributed by atoms with van der Waals surface area (Å²) in [5, 5.41) is 3.39. The molecule has 1 aromatic rings. The lowest BCUT2D eigenvalue weighted by Crippen LogP contribution is -2.39. The number of ether oxygens (including phenoxy) is 1. The van der Waals surface area contributed by atoms with Crippen LogP contribution in [0.5, 0.6) is 0 Å². The molecule has 3 nitrogen and oxygen atoms in total. The van der Waals surface area contributed by atoms with E-state index in [1.165, 1.54) is 18.6 Å². The van der Waals surface area contributed by atoms with E-state index in [0.29, 0.717) is 12.0 Å². The molecule has 1 aliphatic carbocycles. The minimum Gasteiger partial charge on any atom is -0.493 e. The highest BCUT2D eigenvalue weighted by atomic mass is 32.1. The van der Waals surface area contributed by atoms with E-state index in [4.69, 9.17) is 17.0 Å². The van der Waals surface area contributed by atoms with Crippen LogP contribution in [0.15, 0.2) is 48.5 Å². The molecule has 0 saturated carbocycles. The highest BCUT2D eigenvalue weighted by Crippen LogP contribution is 2.42. The van der Waals surface area contributed by atoms with Crippen molar-refractivity contribution < 1.29 is 4.74 Å². The van der Waals surface area contributed by atoms with Gasteiger partial charge in [-0.05, 0) is 37.6 Å². The van der Waals surface area contributed by atoms with Gasteiger partial charge in [0, 0.05) is 35.3 Å². The van der Waals surface area contributed by atoms with E-state index in [9.17, 15) is 0 Å². The van der Waals surface area contributed by atoms with Gasteiger partial charge in [-0.15, -0.1) is 0 Å². The first-order chi connectivity index (χ1) is 9.84. The maximum absolute atomic E-state index is 5.92. The van der Waals surface area contributed by atoms with Crippen molar-refractivity contribution in [3.8, 4) is 0 Å². The molecule has 3 heterocycles. The Balaban J connectivity index is 0.000000147. The molecular formula is C16H20N2OS. The van der Waals surface area contributed by atoms with Gasteiger partial charge in [0.25, 0.3) is 0 Å². The summed E-state index contributed by atoms with van der Waals surface area (Å²) >= 11 is 4.79. The number of aromatic nitrogens is 1. The Morgan fingerprint density at radius 2 is 2.10 bits per heavy atom. The van der Waals surface area contributed by atoms with Crippen molar-refractivity contribution in [2.24, 2.45) is 11.8 Å². The van der Waals surface area contributed by atoms with Crippen LogP contribution in [0.2, 0.25) is 0 Å². The molecule has 0 radical (unpaired) electrons. The average molecular weight is 288 g/mol. The second-order valence-electron chi connectivity index (χ2n) is 5.39. The highest BCUT2D eigenvalue weighted by molar-refractivity contribution is 7.71. The molecule has 0 spiro atoms. The molecule has 1 aromatic heterocycles. The van der Waals surface area contributed by atoms with Crippen molar-refractivity contribution in [1.29, 1.82) is 0 Å². The van der Waals surface area contributed by atoms with Gasteiger partial charge < -0.3 is 15.0 Å². The zero-order valence-corrected chi connectivity index (χ0v) is 12.2. The number of pyridine rings is 1. The van der Waals surface area contributed by atoms with Gasteiger partial charge in [0.15, 0.2) is 0 Å². The van der Waals surface area contributed by atoms with Crippen LogP contribution in [0.25, 0.3) is 0 Å². The lowest BCUT2D eigenvalue weighted by molar-refractivity contribution is 0.108. The SMILES string of the molecule is C1=CCC2C(=C1)OC1CNCCC12.S=c1cc[nH]cc1. The van der Waals surface area contributed by atoms with E-state index >= 15 is 0 Å². The van der Waals surface area contributed by atoms with Crippen LogP contribution in [-0.4, -0.2) is 24.2 Å². The van der Waals surface area contributed by atoms with Gasteiger partial charge in [-0.3, -0.25) is 0 Å². The molecule has 3 aliphatic rings. The largest absolute Gasteiger partial charge is 0.493 e. The lowest BCUT2D eigenvalue weighted by Gasteiger charge is -2.26. The minimum absolute atomic E-state index is 0.449. The van der Waals surface area contributed by atoms with Crippen LogP contribution in [-0.2, 0) is 4.74 Å². The number of allylic oxidation sites excluding steroid dienone is 4. The van der Waals surface area contributed by atoms with E-state index in [1.807, 2.05) is 24.5 Å². The van der Waals surface area contributed by atoms with Crippen molar-refractivity contribution in [2.45, 2.75) is 18.9 Å². The second-order valence-corrected chi connectivity index (χ2v) is 5.86. The number of hydrogen-bond donors (Lipinski definition) is 2. The molecule has 4 heteroatoms. The summed E-state index contributed by atoms with van der Waals surface area (Å²) in [7, 11) is 0. The molecule has 3 atom stereocenters. The number of piperidine rings is 1. The standard InChI is InChI=1S/C11H15NO.C5H5NS/c1-2-4-10-8(3-1)9-5-6-12-7-11(9)13-10;7-5-1-3-6-4-2-5/h1-2,4,8-9,11-12H,3,5-7H2;1-4H,(H,6,7). The van der Waals surface area contributed by atoms with Crippen LogP contribution in [0.4, 0.5) is 0 Å². The fourth-order valence-corrected chi connectivity index (χ4v) is 3.26. The number of fused-ring (bicyclic) bond motifs is 3. The summed E-state index contributed by atoms with van der Waals surface area (Å²) in [5.74, 6) is 2.70. The Morgan fingerprint density at radius 1 is 1.25 bits per heavy atom. The van der Waals surface area contributed by atoms with Crippen molar-refractivity contribution in [2.75, 3.05) is 13.1 Å².